The summed E-state index contributed by atoms with van der Waals surface area (Å²) < 4.78 is 1.82. The molecule has 134 valence electrons. The van der Waals surface area contributed by atoms with Crippen LogP contribution in [0.3, 0.4) is 0 Å². The van der Waals surface area contributed by atoms with Crippen molar-refractivity contribution in [3.05, 3.63) is 89.4 Å². The SMILES string of the molecule is Cc1ccc(NC(=O)c2cccn3c(Cc4ccccc4)nnc23)c(O)c1. The quantitative estimate of drug-likeness (QED) is 0.547. The van der Waals surface area contributed by atoms with Crippen LogP contribution < -0.4 is 5.32 Å². The molecule has 0 saturated carbocycles. The molecule has 0 saturated heterocycles. The lowest BCUT2D eigenvalue weighted by atomic mass is 10.1. The first kappa shape index (κ1) is 16.8. The van der Waals surface area contributed by atoms with Gasteiger partial charge in [-0.1, -0.05) is 36.4 Å². The molecule has 27 heavy (non-hydrogen) atoms. The molecule has 0 spiro atoms. The van der Waals surface area contributed by atoms with Gasteiger partial charge in [-0.05, 0) is 42.3 Å². The minimum atomic E-state index is -0.349. The third kappa shape index (κ3) is 3.37. The molecule has 0 aliphatic rings. The lowest BCUT2D eigenvalue weighted by Gasteiger charge is -2.09. The number of aryl methyl sites for hydroxylation is 1. The van der Waals surface area contributed by atoms with Gasteiger partial charge in [0.05, 0.1) is 11.3 Å². The summed E-state index contributed by atoms with van der Waals surface area (Å²) >= 11 is 0. The molecular weight excluding hydrogens is 340 g/mol. The van der Waals surface area contributed by atoms with Crippen molar-refractivity contribution in [1.82, 2.24) is 14.6 Å². The van der Waals surface area contributed by atoms with Gasteiger partial charge in [0.1, 0.15) is 11.6 Å². The van der Waals surface area contributed by atoms with Crippen LogP contribution in [-0.2, 0) is 6.42 Å². The summed E-state index contributed by atoms with van der Waals surface area (Å²) in [6.07, 6.45) is 2.46. The monoisotopic (exact) mass is 358 g/mol. The van der Waals surface area contributed by atoms with Crippen LogP contribution in [0.25, 0.3) is 5.65 Å². The molecule has 2 N–H and O–H groups in total. The molecule has 1 amide bonds. The Balaban J connectivity index is 1.65. The number of amides is 1. The highest BCUT2D eigenvalue weighted by Gasteiger charge is 2.16. The minimum Gasteiger partial charge on any atom is -0.506 e. The number of carbonyl (C=O) groups excluding carboxylic acids is 1. The standard InChI is InChI=1S/C21H18N4O2/c1-14-9-10-17(18(26)12-14)22-21(27)16-8-5-11-25-19(23-24-20(16)25)13-15-6-3-2-4-7-15/h2-12,26H,13H2,1H3,(H,22,27). The number of hydrogen-bond acceptors (Lipinski definition) is 4. The zero-order chi connectivity index (χ0) is 18.8. The van der Waals surface area contributed by atoms with Gasteiger partial charge in [0.25, 0.3) is 5.91 Å². The van der Waals surface area contributed by atoms with Gasteiger partial charge in [-0.3, -0.25) is 9.20 Å². The fraction of sp³-hybridized carbons (Fsp3) is 0.0952. The van der Waals surface area contributed by atoms with Crippen molar-refractivity contribution < 1.29 is 9.90 Å². The van der Waals surface area contributed by atoms with Crippen LogP contribution in [0.2, 0.25) is 0 Å². The number of hydrogen-bond donors (Lipinski definition) is 2. The first-order valence-corrected chi connectivity index (χ1v) is 8.59. The fourth-order valence-electron chi connectivity index (χ4n) is 2.98. The molecule has 2 aromatic carbocycles. The summed E-state index contributed by atoms with van der Waals surface area (Å²) in [7, 11) is 0. The Kier molecular flexibility index (Phi) is 4.30. The van der Waals surface area contributed by atoms with Crippen LogP contribution in [0, 0.1) is 6.92 Å². The molecule has 2 heterocycles. The van der Waals surface area contributed by atoms with Crippen LogP contribution in [-0.4, -0.2) is 25.6 Å². The predicted molar refractivity (Wildman–Crippen MR) is 103 cm³/mol. The van der Waals surface area contributed by atoms with Crippen molar-refractivity contribution in [3.8, 4) is 5.75 Å². The Labute approximate surface area is 156 Å². The number of benzene rings is 2. The average molecular weight is 358 g/mol. The van der Waals surface area contributed by atoms with Crippen molar-refractivity contribution in [2.24, 2.45) is 0 Å². The Morgan fingerprint density at radius 3 is 2.67 bits per heavy atom. The molecule has 0 aliphatic heterocycles. The summed E-state index contributed by atoms with van der Waals surface area (Å²) in [5, 5.41) is 21.2. The van der Waals surface area contributed by atoms with Gasteiger partial charge in [-0.15, -0.1) is 10.2 Å². The maximum absolute atomic E-state index is 12.7. The van der Waals surface area contributed by atoms with Gasteiger partial charge >= 0.3 is 0 Å². The number of phenolic OH excluding ortho intramolecular Hbond substituents is 1. The molecule has 6 nitrogen and oxygen atoms in total. The van der Waals surface area contributed by atoms with Gasteiger partial charge in [-0.25, -0.2) is 0 Å². The second-order valence-electron chi connectivity index (χ2n) is 6.37. The van der Waals surface area contributed by atoms with E-state index in [0.29, 0.717) is 23.3 Å². The second-order valence-corrected chi connectivity index (χ2v) is 6.37. The summed E-state index contributed by atoms with van der Waals surface area (Å²) in [5.74, 6) is 0.434. The number of aromatic nitrogens is 3. The number of carbonyl (C=O) groups is 1. The van der Waals surface area contributed by atoms with E-state index >= 15 is 0 Å². The topological polar surface area (TPSA) is 79.5 Å². The van der Waals surface area contributed by atoms with Crippen molar-refractivity contribution in [2.45, 2.75) is 13.3 Å². The van der Waals surface area contributed by atoms with E-state index in [0.717, 1.165) is 17.0 Å². The summed E-state index contributed by atoms with van der Waals surface area (Å²) in [6, 6.07) is 18.6. The Morgan fingerprint density at radius 1 is 1.07 bits per heavy atom. The summed E-state index contributed by atoms with van der Waals surface area (Å²) in [4.78, 5) is 12.7. The van der Waals surface area contributed by atoms with Crippen molar-refractivity contribution in [1.29, 1.82) is 0 Å². The Bertz CT molecular complexity index is 1120. The number of phenols is 1. The summed E-state index contributed by atoms with van der Waals surface area (Å²) in [5.41, 5.74) is 3.26. The molecule has 0 aliphatic carbocycles. The highest BCUT2D eigenvalue weighted by atomic mass is 16.3. The lowest BCUT2D eigenvalue weighted by Crippen LogP contribution is -2.13. The Hall–Kier alpha value is -3.67. The van der Waals surface area contributed by atoms with E-state index in [1.54, 1.807) is 24.3 Å². The number of rotatable bonds is 4. The van der Waals surface area contributed by atoms with E-state index in [1.165, 1.54) is 0 Å². The number of fused-ring (bicyclic) bond motifs is 1. The van der Waals surface area contributed by atoms with E-state index in [-0.39, 0.29) is 11.7 Å². The van der Waals surface area contributed by atoms with Crippen molar-refractivity contribution >= 4 is 17.2 Å². The van der Waals surface area contributed by atoms with Gasteiger partial charge in [0.15, 0.2) is 5.65 Å². The largest absolute Gasteiger partial charge is 0.506 e. The zero-order valence-corrected chi connectivity index (χ0v) is 14.8. The molecule has 4 rings (SSSR count). The molecule has 0 atom stereocenters. The molecule has 4 aromatic rings. The van der Waals surface area contributed by atoms with Crippen molar-refractivity contribution in [2.75, 3.05) is 5.32 Å². The first-order valence-electron chi connectivity index (χ1n) is 8.59. The normalized spacial score (nSPS) is 10.9. The van der Waals surface area contributed by atoms with E-state index in [2.05, 4.69) is 15.5 Å². The first-order chi connectivity index (χ1) is 13.1. The number of anilines is 1. The van der Waals surface area contributed by atoms with Gasteiger partial charge in [0.2, 0.25) is 0 Å². The van der Waals surface area contributed by atoms with Gasteiger partial charge in [-0.2, -0.15) is 0 Å². The molecule has 0 fully saturated rings. The van der Waals surface area contributed by atoms with E-state index in [4.69, 9.17) is 0 Å². The third-order valence-corrected chi connectivity index (χ3v) is 4.36. The molecule has 0 radical (unpaired) electrons. The van der Waals surface area contributed by atoms with Crippen molar-refractivity contribution in [3.63, 3.8) is 0 Å². The van der Waals surface area contributed by atoms with E-state index < -0.39 is 0 Å². The van der Waals surface area contributed by atoms with Crippen LogP contribution in [0.15, 0.2) is 66.9 Å². The van der Waals surface area contributed by atoms with Crippen LogP contribution in [0.5, 0.6) is 5.75 Å². The fourth-order valence-corrected chi connectivity index (χ4v) is 2.98. The highest BCUT2D eigenvalue weighted by molar-refractivity contribution is 6.08. The number of nitrogens with one attached hydrogen (secondary N) is 1. The predicted octanol–water partition coefficient (Wildman–Crippen LogP) is 3.59. The zero-order valence-electron chi connectivity index (χ0n) is 14.8. The molecule has 0 bridgehead atoms. The highest BCUT2D eigenvalue weighted by Crippen LogP contribution is 2.25. The maximum atomic E-state index is 12.7. The van der Waals surface area contributed by atoms with E-state index in [9.17, 15) is 9.90 Å². The van der Waals surface area contributed by atoms with Gasteiger partial charge < -0.3 is 10.4 Å². The van der Waals surface area contributed by atoms with Crippen LogP contribution in [0.1, 0.15) is 27.3 Å². The van der Waals surface area contributed by atoms with Crippen LogP contribution in [0.4, 0.5) is 5.69 Å². The van der Waals surface area contributed by atoms with Crippen LogP contribution >= 0.6 is 0 Å². The van der Waals surface area contributed by atoms with Gasteiger partial charge in [0, 0.05) is 12.6 Å². The second kappa shape index (κ2) is 6.92. The average Bonchev–Trinajstić information content (AvgIpc) is 3.08. The number of pyridine rings is 1. The molecule has 2 aromatic heterocycles. The summed E-state index contributed by atoms with van der Waals surface area (Å²) in [6.45, 7) is 1.87. The van der Waals surface area contributed by atoms with E-state index in [1.807, 2.05) is 53.9 Å². The third-order valence-electron chi connectivity index (χ3n) is 4.36. The number of nitrogens with zero attached hydrogens (tertiary/aromatic N) is 3. The minimum absolute atomic E-state index is 0.0292. The number of aromatic hydroxyl groups is 1. The molecular formula is C21H18N4O2. The Morgan fingerprint density at radius 2 is 1.89 bits per heavy atom. The lowest BCUT2D eigenvalue weighted by molar-refractivity contribution is 0.102. The smallest absolute Gasteiger partial charge is 0.259 e. The molecule has 6 heteroatoms. The molecule has 0 unspecified atom stereocenters. The maximum Gasteiger partial charge on any atom is 0.259 e.